The number of hydrogen-bond donors (Lipinski definition) is 1. The van der Waals surface area contributed by atoms with E-state index in [0.717, 1.165) is 19.4 Å². The summed E-state index contributed by atoms with van der Waals surface area (Å²) in [4.78, 5) is 12.6. The van der Waals surface area contributed by atoms with E-state index >= 15 is 0 Å². The molecule has 92 valence electrons. The Hall–Kier alpha value is -0.0500. The van der Waals surface area contributed by atoms with Gasteiger partial charge in [-0.3, -0.25) is 4.79 Å². The predicted molar refractivity (Wildman–Crippen MR) is 69.6 cm³/mol. The summed E-state index contributed by atoms with van der Waals surface area (Å²) in [5.74, 6) is 1.34. The average molecular weight is 288 g/mol. The zero-order valence-corrected chi connectivity index (χ0v) is 11.5. The molecule has 0 aromatic carbocycles. The molecular weight excluding hydrogens is 266 g/mol. The third-order valence-corrected chi connectivity index (χ3v) is 4.85. The molecule has 0 radical (unpaired) electrons. The first-order valence-electron chi connectivity index (χ1n) is 6.67. The molecule has 2 nitrogen and oxygen atoms in total. The van der Waals surface area contributed by atoms with Crippen molar-refractivity contribution in [1.82, 2.24) is 5.32 Å². The molecule has 3 heteroatoms. The van der Waals surface area contributed by atoms with Crippen molar-refractivity contribution in [1.29, 1.82) is 0 Å². The van der Waals surface area contributed by atoms with Crippen LogP contribution in [-0.2, 0) is 4.79 Å². The van der Waals surface area contributed by atoms with Crippen LogP contribution in [0, 0.1) is 11.8 Å². The van der Waals surface area contributed by atoms with Crippen LogP contribution >= 0.6 is 15.9 Å². The van der Waals surface area contributed by atoms with Crippen LogP contribution in [0.2, 0.25) is 0 Å². The predicted octanol–water partition coefficient (Wildman–Crippen LogP) is 3.25. The van der Waals surface area contributed by atoms with Crippen molar-refractivity contribution in [2.75, 3.05) is 6.54 Å². The fourth-order valence-corrected chi connectivity index (χ4v) is 3.75. The highest BCUT2D eigenvalue weighted by molar-refractivity contribution is 9.09. The van der Waals surface area contributed by atoms with E-state index in [-0.39, 0.29) is 0 Å². The Kier molecular flexibility index (Phi) is 4.68. The molecular formula is C13H22BrNO. The Labute approximate surface area is 107 Å². The summed E-state index contributed by atoms with van der Waals surface area (Å²) in [7, 11) is 0. The van der Waals surface area contributed by atoms with E-state index in [1.807, 2.05) is 0 Å². The second-order valence-corrected chi connectivity index (χ2v) is 6.65. The maximum atomic E-state index is 11.9. The first-order valence-corrected chi connectivity index (χ1v) is 7.59. The average Bonchev–Trinajstić information content (AvgIpc) is 2.73. The van der Waals surface area contributed by atoms with Crippen LogP contribution in [0.1, 0.15) is 51.4 Å². The summed E-state index contributed by atoms with van der Waals surface area (Å²) < 4.78 is 0. The van der Waals surface area contributed by atoms with Gasteiger partial charge < -0.3 is 5.32 Å². The summed E-state index contributed by atoms with van der Waals surface area (Å²) in [6.07, 6.45) is 9.78. The third kappa shape index (κ3) is 3.47. The van der Waals surface area contributed by atoms with Gasteiger partial charge in [0.05, 0.1) is 0 Å². The monoisotopic (exact) mass is 287 g/mol. The normalized spacial score (nSPS) is 31.6. The molecule has 0 heterocycles. The number of carbonyl (C=O) groups excluding carboxylic acids is 1. The first kappa shape index (κ1) is 12.4. The number of amides is 1. The van der Waals surface area contributed by atoms with E-state index in [2.05, 4.69) is 21.2 Å². The van der Waals surface area contributed by atoms with Crippen LogP contribution < -0.4 is 5.32 Å². The third-order valence-electron chi connectivity index (χ3n) is 4.02. The molecule has 2 fully saturated rings. The molecule has 0 aromatic rings. The van der Waals surface area contributed by atoms with Gasteiger partial charge in [-0.2, -0.15) is 0 Å². The fraction of sp³-hybridized carbons (Fsp3) is 0.923. The number of nitrogens with one attached hydrogen (secondary N) is 1. The Morgan fingerprint density at radius 3 is 2.50 bits per heavy atom. The zero-order valence-electron chi connectivity index (χ0n) is 9.88. The van der Waals surface area contributed by atoms with Gasteiger partial charge in [-0.1, -0.05) is 35.2 Å². The number of carbonyl (C=O) groups is 1. The minimum atomic E-state index is 0.315. The van der Waals surface area contributed by atoms with Crippen LogP contribution in [0.15, 0.2) is 0 Å². The molecule has 1 N–H and O–H groups in total. The highest BCUT2D eigenvalue weighted by Gasteiger charge is 2.25. The molecule has 0 spiro atoms. The molecule has 1 amide bonds. The smallest absolute Gasteiger partial charge is 0.223 e. The van der Waals surface area contributed by atoms with Gasteiger partial charge in [0.15, 0.2) is 0 Å². The topological polar surface area (TPSA) is 29.1 Å². The summed E-state index contributed by atoms with van der Waals surface area (Å²) in [6, 6.07) is 0. The van der Waals surface area contributed by atoms with Crippen molar-refractivity contribution < 1.29 is 4.79 Å². The largest absolute Gasteiger partial charge is 0.356 e. The van der Waals surface area contributed by atoms with Gasteiger partial charge in [-0.25, -0.2) is 0 Å². The van der Waals surface area contributed by atoms with E-state index in [1.165, 1.54) is 38.5 Å². The lowest BCUT2D eigenvalue weighted by Crippen LogP contribution is -2.34. The molecule has 2 aliphatic carbocycles. The molecule has 16 heavy (non-hydrogen) atoms. The summed E-state index contributed by atoms with van der Waals surface area (Å²) in [5.41, 5.74) is 0. The van der Waals surface area contributed by atoms with Crippen molar-refractivity contribution in [3.63, 3.8) is 0 Å². The van der Waals surface area contributed by atoms with Gasteiger partial charge >= 0.3 is 0 Å². The molecule has 2 aliphatic rings. The van der Waals surface area contributed by atoms with Gasteiger partial charge in [0.2, 0.25) is 5.91 Å². The van der Waals surface area contributed by atoms with E-state index in [4.69, 9.17) is 0 Å². The first-order chi connectivity index (χ1) is 7.75. The Balaban J connectivity index is 1.66. The second-order valence-electron chi connectivity index (χ2n) is 5.36. The Morgan fingerprint density at radius 1 is 1.12 bits per heavy atom. The quantitative estimate of drug-likeness (QED) is 0.794. The molecule has 0 saturated heterocycles. The lowest BCUT2D eigenvalue weighted by atomic mass is 9.88. The SMILES string of the molecule is O=C(NCC1CCC(Br)C1)C1CCCCC1. The number of hydrogen-bond acceptors (Lipinski definition) is 1. The molecule has 2 rings (SSSR count). The summed E-state index contributed by atoms with van der Waals surface area (Å²) >= 11 is 3.65. The fourth-order valence-electron chi connectivity index (χ4n) is 2.95. The van der Waals surface area contributed by atoms with Gasteiger partial charge in [-0.05, 0) is 38.0 Å². The molecule has 2 atom stereocenters. The van der Waals surface area contributed by atoms with Gasteiger partial charge in [0.25, 0.3) is 0 Å². The molecule has 0 aromatic heterocycles. The maximum absolute atomic E-state index is 11.9. The van der Waals surface area contributed by atoms with Crippen LogP contribution in [0.5, 0.6) is 0 Å². The van der Waals surface area contributed by atoms with Crippen LogP contribution in [-0.4, -0.2) is 17.3 Å². The Morgan fingerprint density at radius 2 is 1.88 bits per heavy atom. The summed E-state index contributed by atoms with van der Waals surface area (Å²) in [5, 5.41) is 3.16. The van der Waals surface area contributed by atoms with Gasteiger partial charge in [0.1, 0.15) is 0 Å². The van der Waals surface area contributed by atoms with Crippen molar-refractivity contribution >= 4 is 21.8 Å². The minimum Gasteiger partial charge on any atom is -0.356 e. The van der Waals surface area contributed by atoms with E-state index < -0.39 is 0 Å². The minimum absolute atomic E-state index is 0.315. The van der Waals surface area contributed by atoms with Gasteiger partial charge in [0, 0.05) is 17.3 Å². The van der Waals surface area contributed by atoms with E-state index in [9.17, 15) is 4.79 Å². The van der Waals surface area contributed by atoms with E-state index in [1.54, 1.807) is 0 Å². The summed E-state index contributed by atoms with van der Waals surface area (Å²) in [6.45, 7) is 0.900. The van der Waals surface area contributed by atoms with Crippen molar-refractivity contribution in [3.8, 4) is 0 Å². The highest BCUT2D eigenvalue weighted by Crippen LogP contribution is 2.30. The van der Waals surface area contributed by atoms with Crippen molar-refractivity contribution in [3.05, 3.63) is 0 Å². The number of alkyl halides is 1. The number of halogens is 1. The molecule has 2 unspecified atom stereocenters. The number of rotatable bonds is 3. The van der Waals surface area contributed by atoms with Crippen LogP contribution in [0.25, 0.3) is 0 Å². The van der Waals surface area contributed by atoms with Crippen LogP contribution in [0.3, 0.4) is 0 Å². The Bertz CT molecular complexity index is 238. The standard InChI is InChI=1S/C13H22BrNO/c14-12-7-6-10(8-12)9-15-13(16)11-4-2-1-3-5-11/h10-12H,1-9H2,(H,15,16). The molecule has 0 aliphatic heterocycles. The lowest BCUT2D eigenvalue weighted by Gasteiger charge is -2.21. The molecule has 0 bridgehead atoms. The van der Waals surface area contributed by atoms with Gasteiger partial charge in [-0.15, -0.1) is 0 Å². The molecule has 2 saturated carbocycles. The van der Waals surface area contributed by atoms with Crippen molar-refractivity contribution in [2.24, 2.45) is 11.8 Å². The lowest BCUT2D eigenvalue weighted by molar-refractivity contribution is -0.126. The highest BCUT2D eigenvalue weighted by atomic mass is 79.9. The van der Waals surface area contributed by atoms with Crippen molar-refractivity contribution in [2.45, 2.75) is 56.2 Å². The zero-order chi connectivity index (χ0) is 11.4. The maximum Gasteiger partial charge on any atom is 0.223 e. The van der Waals surface area contributed by atoms with Crippen LogP contribution in [0.4, 0.5) is 0 Å². The second kappa shape index (κ2) is 6.04. The van der Waals surface area contributed by atoms with E-state index in [0.29, 0.717) is 22.6 Å².